The molecule has 2 aromatic heterocycles. The van der Waals surface area contributed by atoms with Gasteiger partial charge in [-0.25, -0.2) is 4.98 Å². The van der Waals surface area contributed by atoms with Crippen LogP contribution in [0.3, 0.4) is 0 Å². The minimum Gasteiger partial charge on any atom is -0.394 e. The predicted molar refractivity (Wildman–Crippen MR) is 82.3 cm³/mol. The van der Waals surface area contributed by atoms with Crippen molar-refractivity contribution in [2.45, 2.75) is 46.2 Å². The van der Waals surface area contributed by atoms with Gasteiger partial charge in [-0.2, -0.15) is 0 Å². The van der Waals surface area contributed by atoms with Gasteiger partial charge in [0, 0.05) is 10.4 Å². The van der Waals surface area contributed by atoms with Crippen LogP contribution in [-0.4, -0.2) is 27.2 Å². The molecular formula is C14H21N3O2S. The molecule has 0 radical (unpaired) electrons. The van der Waals surface area contributed by atoms with Crippen molar-refractivity contribution in [3.05, 3.63) is 26.6 Å². The number of aryl methyl sites for hydroxylation is 2. The molecule has 0 bridgehead atoms. The average molecular weight is 295 g/mol. The number of hydrogen-bond acceptors (Lipinski definition) is 5. The Bertz CT molecular complexity index is 671. The highest BCUT2D eigenvalue weighted by Crippen LogP contribution is 2.25. The van der Waals surface area contributed by atoms with E-state index < -0.39 is 0 Å². The first-order valence-corrected chi connectivity index (χ1v) is 7.56. The van der Waals surface area contributed by atoms with E-state index in [1.807, 2.05) is 27.7 Å². The summed E-state index contributed by atoms with van der Waals surface area (Å²) in [6.45, 7) is 8.39. The van der Waals surface area contributed by atoms with Crippen LogP contribution in [0.15, 0.2) is 4.79 Å². The van der Waals surface area contributed by atoms with Crippen molar-refractivity contribution in [2.24, 2.45) is 0 Å². The molecular weight excluding hydrogens is 274 g/mol. The van der Waals surface area contributed by atoms with Crippen LogP contribution in [0.1, 0.15) is 36.5 Å². The third-order valence-corrected chi connectivity index (χ3v) is 5.00. The van der Waals surface area contributed by atoms with Crippen LogP contribution in [0.4, 0.5) is 0 Å². The third kappa shape index (κ3) is 2.77. The van der Waals surface area contributed by atoms with Gasteiger partial charge >= 0.3 is 0 Å². The van der Waals surface area contributed by atoms with E-state index in [9.17, 15) is 9.90 Å². The maximum Gasteiger partial charge on any atom is 0.259 e. The van der Waals surface area contributed by atoms with E-state index in [1.165, 1.54) is 0 Å². The topological polar surface area (TPSA) is 78.0 Å². The van der Waals surface area contributed by atoms with E-state index in [2.05, 4.69) is 15.3 Å². The molecule has 5 nitrogen and oxygen atoms in total. The second-order valence-corrected chi connectivity index (χ2v) is 6.61. The predicted octanol–water partition coefficient (Wildman–Crippen LogP) is 1.85. The Morgan fingerprint density at radius 2 is 2.15 bits per heavy atom. The lowest BCUT2D eigenvalue weighted by atomic mass is 10.0. The summed E-state index contributed by atoms with van der Waals surface area (Å²) in [6, 6.07) is 0. The Labute approximate surface area is 122 Å². The number of aliphatic hydroxyl groups excluding tert-OH is 1. The number of fused-ring (bicyclic) bond motifs is 1. The number of aromatic amines is 1. The molecule has 2 rings (SSSR count). The van der Waals surface area contributed by atoms with Crippen molar-refractivity contribution in [2.75, 3.05) is 6.61 Å². The Kier molecular flexibility index (Phi) is 4.27. The normalized spacial score (nSPS) is 14.7. The number of nitrogens with zero attached hydrogens (tertiary/aromatic N) is 1. The van der Waals surface area contributed by atoms with Crippen molar-refractivity contribution in [1.29, 1.82) is 0 Å². The van der Waals surface area contributed by atoms with Crippen molar-refractivity contribution >= 4 is 21.6 Å². The van der Waals surface area contributed by atoms with E-state index in [0.29, 0.717) is 17.8 Å². The van der Waals surface area contributed by atoms with E-state index in [4.69, 9.17) is 0 Å². The van der Waals surface area contributed by atoms with Gasteiger partial charge in [0.2, 0.25) is 0 Å². The van der Waals surface area contributed by atoms with Gasteiger partial charge in [0.1, 0.15) is 10.7 Å². The lowest BCUT2D eigenvalue weighted by molar-refractivity contribution is 0.168. The van der Waals surface area contributed by atoms with Gasteiger partial charge in [-0.15, -0.1) is 11.3 Å². The number of aliphatic hydroxyl groups is 1. The van der Waals surface area contributed by atoms with Crippen molar-refractivity contribution in [3.8, 4) is 0 Å². The molecule has 20 heavy (non-hydrogen) atoms. The van der Waals surface area contributed by atoms with Crippen LogP contribution >= 0.6 is 11.3 Å². The zero-order valence-electron chi connectivity index (χ0n) is 12.3. The van der Waals surface area contributed by atoms with E-state index in [1.54, 1.807) is 11.3 Å². The van der Waals surface area contributed by atoms with Crippen molar-refractivity contribution < 1.29 is 5.11 Å². The first kappa shape index (κ1) is 15.2. The van der Waals surface area contributed by atoms with Crippen LogP contribution in [0.25, 0.3) is 10.2 Å². The quantitative estimate of drug-likeness (QED) is 0.786. The minimum atomic E-state index is -0.352. The minimum absolute atomic E-state index is 0.0488. The summed E-state index contributed by atoms with van der Waals surface area (Å²) in [5.41, 5.74) is 0.567. The number of rotatable bonds is 5. The Morgan fingerprint density at radius 3 is 2.75 bits per heavy atom. The molecule has 0 saturated heterocycles. The summed E-state index contributed by atoms with van der Waals surface area (Å²) in [5, 5.41) is 13.3. The second-order valence-electron chi connectivity index (χ2n) is 5.40. The number of H-pyrrole nitrogens is 1. The molecule has 0 aromatic carbocycles. The third-order valence-electron chi connectivity index (χ3n) is 3.90. The first-order valence-electron chi connectivity index (χ1n) is 6.75. The Morgan fingerprint density at radius 1 is 1.45 bits per heavy atom. The van der Waals surface area contributed by atoms with Gasteiger partial charge < -0.3 is 15.4 Å². The number of thiophene rings is 1. The van der Waals surface area contributed by atoms with Crippen LogP contribution in [-0.2, 0) is 6.54 Å². The molecule has 0 aliphatic rings. The molecule has 0 spiro atoms. The van der Waals surface area contributed by atoms with Gasteiger partial charge in [0.25, 0.3) is 5.56 Å². The molecule has 0 amide bonds. The summed E-state index contributed by atoms with van der Waals surface area (Å²) in [7, 11) is 0. The maximum absolute atomic E-state index is 12.1. The fraction of sp³-hybridized carbons (Fsp3) is 0.571. The summed E-state index contributed by atoms with van der Waals surface area (Å²) < 4.78 is 0. The maximum atomic E-state index is 12.1. The van der Waals surface area contributed by atoms with Crippen molar-refractivity contribution in [1.82, 2.24) is 15.3 Å². The number of nitrogens with one attached hydrogen (secondary N) is 2. The molecule has 110 valence electrons. The van der Waals surface area contributed by atoms with Gasteiger partial charge in [-0.3, -0.25) is 4.79 Å². The second kappa shape index (κ2) is 5.63. The number of aromatic nitrogens is 2. The van der Waals surface area contributed by atoms with Gasteiger partial charge in [-0.05, 0) is 32.8 Å². The smallest absolute Gasteiger partial charge is 0.259 e. The standard InChI is InChI=1S/C14H21N3O2S/c1-5-14(4,7-18)15-6-10-16-12(19)11-8(2)9(3)20-13(11)17-10/h15,18H,5-7H2,1-4H3,(H,16,17,19). The van der Waals surface area contributed by atoms with Crippen LogP contribution in [0.2, 0.25) is 0 Å². The molecule has 1 atom stereocenters. The number of hydrogen-bond donors (Lipinski definition) is 3. The van der Waals surface area contributed by atoms with Crippen LogP contribution in [0.5, 0.6) is 0 Å². The summed E-state index contributed by atoms with van der Waals surface area (Å²) >= 11 is 1.54. The average Bonchev–Trinajstić information content (AvgIpc) is 2.72. The highest BCUT2D eigenvalue weighted by Gasteiger charge is 2.20. The van der Waals surface area contributed by atoms with E-state index in [-0.39, 0.29) is 17.7 Å². The highest BCUT2D eigenvalue weighted by atomic mass is 32.1. The monoisotopic (exact) mass is 295 g/mol. The van der Waals surface area contributed by atoms with E-state index in [0.717, 1.165) is 21.7 Å². The fourth-order valence-corrected chi connectivity index (χ4v) is 3.02. The zero-order valence-corrected chi connectivity index (χ0v) is 13.1. The van der Waals surface area contributed by atoms with Gasteiger partial charge in [0.15, 0.2) is 0 Å². The summed E-state index contributed by atoms with van der Waals surface area (Å²) in [4.78, 5) is 21.4. The summed E-state index contributed by atoms with van der Waals surface area (Å²) in [5.74, 6) is 0.608. The lowest BCUT2D eigenvalue weighted by Gasteiger charge is -2.26. The molecule has 0 saturated carbocycles. The molecule has 3 N–H and O–H groups in total. The molecule has 2 aromatic rings. The molecule has 2 heterocycles. The van der Waals surface area contributed by atoms with Crippen LogP contribution in [0, 0.1) is 13.8 Å². The summed E-state index contributed by atoms with van der Waals surface area (Å²) in [6.07, 6.45) is 0.799. The molecule has 1 unspecified atom stereocenters. The lowest BCUT2D eigenvalue weighted by Crippen LogP contribution is -2.45. The zero-order chi connectivity index (χ0) is 14.9. The molecule has 0 aliphatic heterocycles. The van der Waals surface area contributed by atoms with E-state index >= 15 is 0 Å². The molecule has 0 fully saturated rings. The fourth-order valence-electron chi connectivity index (χ4n) is 1.97. The van der Waals surface area contributed by atoms with Gasteiger partial charge in [0.05, 0.1) is 18.5 Å². The van der Waals surface area contributed by atoms with Crippen molar-refractivity contribution in [3.63, 3.8) is 0 Å². The van der Waals surface area contributed by atoms with Gasteiger partial charge in [-0.1, -0.05) is 6.92 Å². The largest absolute Gasteiger partial charge is 0.394 e. The first-order chi connectivity index (χ1) is 9.40. The Balaban J connectivity index is 2.31. The molecule has 0 aliphatic carbocycles. The molecule has 6 heteroatoms. The van der Waals surface area contributed by atoms with Crippen LogP contribution < -0.4 is 10.9 Å². The highest BCUT2D eigenvalue weighted by molar-refractivity contribution is 7.18. The SMILES string of the molecule is CCC(C)(CO)NCc1nc2sc(C)c(C)c2c(=O)[nH]1. The Hall–Kier alpha value is -1.24.